The first-order valence-electron chi connectivity index (χ1n) is 4.95. The standard InChI is InChI=1S/C12H14N2O2/c1-4-5-6-13-11-10(12(15)16)8(2)7-9(3)14-11/h1,7H,5-6H2,2-3H3,(H,13,14)(H,15,16). The Hall–Kier alpha value is -2.02. The number of carboxylic acid groups (broad SMARTS) is 1. The highest BCUT2D eigenvalue weighted by Gasteiger charge is 2.14. The molecule has 0 aliphatic carbocycles. The second-order valence-electron chi connectivity index (χ2n) is 3.49. The van der Waals surface area contributed by atoms with E-state index in [-0.39, 0.29) is 5.56 Å². The molecule has 0 amide bonds. The van der Waals surface area contributed by atoms with Crippen LogP contribution in [0.1, 0.15) is 28.0 Å². The lowest BCUT2D eigenvalue weighted by molar-refractivity contribution is 0.0697. The van der Waals surface area contributed by atoms with Crippen LogP contribution in [0.3, 0.4) is 0 Å². The molecule has 0 spiro atoms. The number of aromatic nitrogens is 1. The van der Waals surface area contributed by atoms with E-state index >= 15 is 0 Å². The Bertz CT molecular complexity index is 447. The van der Waals surface area contributed by atoms with E-state index in [0.717, 1.165) is 5.69 Å². The molecule has 0 aliphatic rings. The van der Waals surface area contributed by atoms with Crippen molar-refractivity contribution in [1.29, 1.82) is 0 Å². The van der Waals surface area contributed by atoms with Gasteiger partial charge in [0.1, 0.15) is 11.4 Å². The van der Waals surface area contributed by atoms with Crippen LogP contribution in [0.25, 0.3) is 0 Å². The zero-order valence-electron chi connectivity index (χ0n) is 9.37. The van der Waals surface area contributed by atoms with E-state index in [2.05, 4.69) is 16.2 Å². The normalized spacial score (nSPS) is 9.56. The van der Waals surface area contributed by atoms with Crippen LogP contribution in [0.15, 0.2) is 6.07 Å². The van der Waals surface area contributed by atoms with Gasteiger partial charge in [0.05, 0.1) is 0 Å². The van der Waals surface area contributed by atoms with Crippen molar-refractivity contribution in [3.05, 3.63) is 22.9 Å². The highest BCUT2D eigenvalue weighted by molar-refractivity contribution is 5.94. The van der Waals surface area contributed by atoms with Gasteiger partial charge in [-0.2, -0.15) is 0 Å². The van der Waals surface area contributed by atoms with Gasteiger partial charge in [-0.25, -0.2) is 9.78 Å². The summed E-state index contributed by atoms with van der Waals surface area (Å²) in [6.07, 6.45) is 5.66. The number of anilines is 1. The van der Waals surface area contributed by atoms with Gasteiger partial charge in [0.2, 0.25) is 0 Å². The van der Waals surface area contributed by atoms with Crippen molar-refractivity contribution in [3.63, 3.8) is 0 Å². The molecule has 0 saturated carbocycles. The fraction of sp³-hybridized carbons (Fsp3) is 0.333. The summed E-state index contributed by atoms with van der Waals surface area (Å²) in [6.45, 7) is 4.10. The molecule has 0 bridgehead atoms. The number of terminal acetylenes is 1. The number of rotatable bonds is 4. The molecule has 1 rings (SSSR count). The molecular formula is C12H14N2O2. The fourth-order valence-corrected chi connectivity index (χ4v) is 1.49. The molecule has 1 aromatic rings. The number of carboxylic acids is 1. The van der Waals surface area contributed by atoms with Crippen molar-refractivity contribution in [2.24, 2.45) is 0 Å². The molecule has 1 heterocycles. The summed E-state index contributed by atoms with van der Waals surface area (Å²) in [5.74, 6) is 1.89. The predicted octanol–water partition coefficient (Wildman–Crippen LogP) is 1.83. The third-order valence-corrected chi connectivity index (χ3v) is 2.12. The third-order valence-electron chi connectivity index (χ3n) is 2.12. The van der Waals surface area contributed by atoms with Crippen LogP contribution >= 0.6 is 0 Å². The van der Waals surface area contributed by atoms with E-state index in [1.54, 1.807) is 13.0 Å². The third kappa shape index (κ3) is 2.74. The smallest absolute Gasteiger partial charge is 0.339 e. The Labute approximate surface area is 94.7 Å². The summed E-state index contributed by atoms with van der Waals surface area (Å²) in [5.41, 5.74) is 1.69. The zero-order valence-corrected chi connectivity index (χ0v) is 9.37. The minimum Gasteiger partial charge on any atom is -0.478 e. The zero-order chi connectivity index (χ0) is 12.1. The minimum absolute atomic E-state index is 0.211. The molecule has 0 atom stereocenters. The molecule has 0 fully saturated rings. The van der Waals surface area contributed by atoms with Gasteiger partial charge in [-0.1, -0.05) is 0 Å². The molecule has 0 radical (unpaired) electrons. The Morgan fingerprint density at radius 2 is 2.31 bits per heavy atom. The number of pyridine rings is 1. The molecular weight excluding hydrogens is 204 g/mol. The maximum absolute atomic E-state index is 11.1. The van der Waals surface area contributed by atoms with Crippen LogP contribution in [0.2, 0.25) is 0 Å². The van der Waals surface area contributed by atoms with Crippen molar-refractivity contribution in [1.82, 2.24) is 4.98 Å². The molecule has 4 nitrogen and oxygen atoms in total. The lowest BCUT2D eigenvalue weighted by Crippen LogP contribution is -2.11. The first kappa shape index (κ1) is 12.1. The number of nitrogens with zero attached hydrogens (tertiary/aromatic N) is 1. The van der Waals surface area contributed by atoms with Gasteiger partial charge >= 0.3 is 5.97 Å². The van der Waals surface area contributed by atoms with Crippen LogP contribution in [-0.2, 0) is 0 Å². The van der Waals surface area contributed by atoms with Crippen molar-refractivity contribution in [2.75, 3.05) is 11.9 Å². The fourth-order valence-electron chi connectivity index (χ4n) is 1.49. The van der Waals surface area contributed by atoms with Crippen molar-refractivity contribution in [2.45, 2.75) is 20.3 Å². The van der Waals surface area contributed by atoms with E-state index in [4.69, 9.17) is 11.5 Å². The van der Waals surface area contributed by atoms with Crippen LogP contribution in [0.4, 0.5) is 5.82 Å². The first-order valence-corrected chi connectivity index (χ1v) is 4.95. The first-order chi connectivity index (χ1) is 7.56. The summed E-state index contributed by atoms with van der Waals surface area (Å²) in [4.78, 5) is 15.2. The Morgan fingerprint density at radius 3 is 2.88 bits per heavy atom. The van der Waals surface area contributed by atoms with Crippen molar-refractivity contribution in [3.8, 4) is 12.3 Å². The highest BCUT2D eigenvalue weighted by atomic mass is 16.4. The molecule has 0 saturated heterocycles. The predicted molar refractivity (Wildman–Crippen MR) is 62.6 cm³/mol. The van der Waals surface area contributed by atoms with E-state index in [1.807, 2.05) is 6.92 Å². The Morgan fingerprint density at radius 1 is 1.62 bits per heavy atom. The van der Waals surface area contributed by atoms with Crippen LogP contribution in [-0.4, -0.2) is 22.6 Å². The number of nitrogens with one attached hydrogen (secondary N) is 1. The Kier molecular flexibility index (Phi) is 3.90. The monoisotopic (exact) mass is 218 g/mol. The van der Waals surface area contributed by atoms with Gasteiger partial charge < -0.3 is 10.4 Å². The number of carbonyl (C=O) groups is 1. The molecule has 0 aliphatic heterocycles. The maximum atomic E-state index is 11.1. The van der Waals surface area contributed by atoms with Gasteiger partial charge in [-0.15, -0.1) is 12.3 Å². The topological polar surface area (TPSA) is 62.2 Å². The number of aromatic carboxylic acids is 1. The lowest BCUT2D eigenvalue weighted by atomic mass is 10.1. The summed E-state index contributed by atoms with van der Waals surface area (Å²) in [7, 11) is 0. The molecule has 0 unspecified atom stereocenters. The molecule has 84 valence electrons. The van der Waals surface area contributed by atoms with Gasteiger partial charge in [0.15, 0.2) is 0 Å². The average molecular weight is 218 g/mol. The quantitative estimate of drug-likeness (QED) is 0.598. The molecule has 16 heavy (non-hydrogen) atoms. The lowest BCUT2D eigenvalue weighted by Gasteiger charge is -2.10. The highest BCUT2D eigenvalue weighted by Crippen LogP contribution is 2.18. The largest absolute Gasteiger partial charge is 0.478 e. The summed E-state index contributed by atoms with van der Waals surface area (Å²) < 4.78 is 0. The van der Waals surface area contributed by atoms with Gasteiger partial charge in [0.25, 0.3) is 0 Å². The number of aryl methyl sites for hydroxylation is 2. The second kappa shape index (κ2) is 5.17. The molecule has 2 N–H and O–H groups in total. The van der Waals surface area contributed by atoms with E-state index in [0.29, 0.717) is 24.3 Å². The van der Waals surface area contributed by atoms with Crippen molar-refractivity contribution < 1.29 is 9.90 Å². The van der Waals surface area contributed by atoms with Crippen LogP contribution in [0.5, 0.6) is 0 Å². The van der Waals surface area contributed by atoms with Gasteiger partial charge in [-0.05, 0) is 25.5 Å². The number of hydrogen-bond donors (Lipinski definition) is 2. The molecule has 0 aromatic carbocycles. The van der Waals surface area contributed by atoms with E-state index in [1.165, 1.54) is 0 Å². The summed E-state index contributed by atoms with van der Waals surface area (Å²) >= 11 is 0. The van der Waals surface area contributed by atoms with Crippen LogP contribution < -0.4 is 5.32 Å². The SMILES string of the molecule is C#CCCNc1nc(C)cc(C)c1C(=O)O. The van der Waals surface area contributed by atoms with Gasteiger partial charge in [-0.3, -0.25) is 0 Å². The Balaban J connectivity index is 3.05. The molecule has 4 heteroatoms. The van der Waals surface area contributed by atoms with Gasteiger partial charge in [0, 0.05) is 18.7 Å². The summed E-state index contributed by atoms with van der Waals surface area (Å²) in [6, 6.07) is 1.75. The van der Waals surface area contributed by atoms with E-state index in [9.17, 15) is 4.79 Å². The van der Waals surface area contributed by atoms with Crippen LogP contribution in [0, 0.1) is 26.2 Å². The maximum Gasteiger partial charge on any atom is 0.339 e. The second-order valence-corrected chi connectivity index (χ2v) is 3.49. The molecule has 1 aromatic heterocycles. The van der Waals surface area contributed by atoms with E-state index < -0.39 is 5.97 Å². The number of hydrogen-bond acceptors (Lipinski definition) is 3. The average Bonchev–Trinajstić information content (AvgIpc) is 2.16. The van der Waals surface area contributed by atoms with Crippen molar-refractivity contribution >= 4 is 11.8 Å². The summed E-state index contributed by atoms with van der Waals surface area (Å²) in [5, 5.41) is 12.0. The minimum atomic E-state index is -0.979.